The van der Waals surface area contributed by atoms with Crippen molar-refractivity contribution >= 4 is 0 Å². The van der Waals surface area contributed by atoms with Crippen LogP contribution in [0.3, 0.4) is 0 Å². The highest BCUT2D eigenvalue weighted by molar-refractivity contribution is 5.36. The standard InChI is InChI=1S/C15H24N2O/c1-4-17-8-7-13-5-6-15(18-3)11-14(13)12-16(2)9-10-17/h5-6,11H,4,7-10,12H2,1-3H3. The molecule has 0 amide bonds. The predicted octanol–water partition coefficient (Wildman–Crippen LogP) is 2.00. The topological polar surface area (TPSA) is 15.7 Å². The maximum Gasteiger partial charge on any atom is 0.119 e. The highest BCUT2D eigenvalue weighted by Gasteiger charge is 2.13. The lowest BCUT2D eigenvalue weighted by molar-refractivity contribution is 0.237. The van der Waals surface area contributed by atoms with Gasteiger partial charge in [-0.2, -0.15) is 0 Å². The molecule has 1 heterocycles. The molecule has 0 saturated heterocycles. The summed E-state index contributed by atoms with van der Waals surface area (Å²) in [6, 6.07) is 6.49. The van der Waals surface area contributed by atoms with E-state index >= 15 is 0 Å². The number of benzene rings is 1. The van der Waals surface area contributed by atoms with Crippen LogP contribution in [0.2, 0.25) is 0 Å². The van der Waals surface area contributed by atoms with Crippen molar-refractivity contribution in [3.63, 3.8) is 0 Å². The summed E-state index contributed by atoms with van der Waals surface area (Å²) < 4.78 is 5.33. The highest BCUT2D eigenvalue weighted by Crippen LogP contribution is 2.20. The summed E-state index contributed by atoms with van der Waals surface area (Å²) in [6.07, 6.45) is 1.14. The number of nitrogens with zero attached hydrogens (tertiary/aromatic N) is 2. The predicted molar refractivity (Wildman–Crippen MR) is 75.1 cm³/mol. The average molecular weight is 248 g/mol. The molecule has 1 aliphatic heterocycles. The van der Waals surface area contributed by atoms with Gasteiger partial charge in [-0.25, -0.2) is 0 Å². The lowest BCUT2D eigenvalue weighted by Crippen LogP contribution is -2.32. The maximum atomic E-state index is 5.33. The van der Waals surface area contributed by atoms with Gasteiger partial charge in [0.2, 0.25) is 0 Å². The van der Waals surface area contributed by atoms with Crippen molar-refractivity contribution in [2.75, 3.05) is 40.3 Å². The van der Waals surface area contributed by atoms with Crippen LogP contribution in [0.1, 0.15) is 18.1 Å². The fraction of sp³-hybridized carbons (Fsp3) is 0.600. The number of ether oxygens (including phenoxy) is 1. The van der Waals surface area contributed by atoms with Crippen molar-refractivity contribution in [1.29, 1.82) is 0 Å². The van der Waals surface area contributed by atoms with Crippen LogP contribution in [0.15, 0.2) is 18.2 Å². The van der Waals surface area contributed by atoms with Gasteiger partial charge in [0, 0.05) is 26.2 Å². The first-order valence-electron chi connectivity index (χ1n) is 6.79. The van der Waals surface area contributed by atoms with Crippen LogP contribution in [0.4, 0.5) is 0 Å². The molecule has 3 heteroatoms. The second kappa shape index (κ2) is 6.21. The van der Waals surface area contributed by atoms with E-state index in [1.807, 2.05) is 0 Å². The van der Waals surface area contributed by atoms with Crippen LogP contribution in [-0.2, 0) is 13.0 Å². The van der Waals surface area contributed by atoms with Gasteiger partial charge in [0.25, 0.3) is 0 Å². The maximum absolute atomic E-state index is 5.33. The second-order valence-electron chi connectivity index (χ2n) is 5.06. The minimum absolute atomic E-state index is 0.966. The summed E-state index contributed by atoms with van der Waals surface area (Å²) in [5, 5.41) is 0. The van der Waals surface area contributed by atoms with Crippen molar-refractivity contribution in [3.8, 4) is 5.75 Å². The monoisotopic (exact) mass is 248 g/mol. The van der Waals surface area contributed by atoms with Crippen LogP contribution in [0.25, 0.3) is 0 Å². The second-order valence-corrected chi connectivity index (χ2v) is 5.06. The van der Waals surface area contributed by atoms with Crippen molar-refractivity contribution in [3.05, 3.63) is 29.3 Å². The fourth-order valence-corrected chi connectivity index (χ4v) is 2.51. The first kappa shape index (κ1) is 13.4. The average Bonchev–Trinajstić information content (AvgIpc) is 2.46. The normalized spacial score (nSPS) is 18.6. The number of hydrogen-bond donors (Lipinski definition) is 0. The quantitative estimate of drug-likeness (QED) is 0.796. The van der Waals surface area contributed by atoms with Crippen LogP contribution in [-0.4, -0.2) is 50.1 Å². The number of methoxy groups -OCH3 is 1. The summed E-state index contributed by atoms with van der Waals surface area (Å²) in [7, 11) is 3.93. The Morgan fingerprint density at radius 1 is 1.17 bits per heavy atom. The molecule has 2 rings (SSSR count). The van der Waals surface area contributed by atoms with E-state index < -0.39 is 0 Å². The third kappa shape index (κ3) is 3.24. The first-order chi connectivity index (χ1) is 8.72. The Bertz CT molecular complexity index is 392. The van der Waals surface area contributed by atoms with Gasteiger partial charge in [-0.05, 0) is 43.3 Å². The molecule has 100 valence electrons. The van der Waals surface area contributed by atoms with E-state index in [1.165, 1.54) is 11.1 Å². The minimum Gasteiger partial charge on any atom is -0.497 e. The molecule has 0 fully saturated rings. The van der Waals surface area contributed by atoms with Gasteiger partial charge in [-0.1, -0.05) is 13.0 Å². The lowest BCUT2D eigenvalue weighted by Gasteiger charge is -2.21. The summed E-state index contributed by atoms with van der Waals surface area (Å²) in [5.74, 6) is 0.966. The Morgan fingerprint density at radius 2 is 2.00 bits per heavy atom. The molecule has 1 aromatic rings. The Hall–Kier alpha value is -1.06. The molecule has 0 atom stereocenters. The van der Waals surface area contributed by atoms with Crippen molar-refractivity contribution in [1.82, 2.24) is 9.80 Å². The summed E-state index contributed by atoms with van der Waals surface area (Å²) >= 11 is 0. The van der Waals surface area contributed by atoms with Crippen molar-refractivity contribution in [2.45, 2.75) is 19.9 Å². The largest absolute Gasteiger partial charge is 0.497 e. The van der Waals surface area contributed by atoms with Crippen molar-refractivity contribution in [2.24, 2.45) is 0 Å². The van der Waals surface area contributed by atoms with E-state index in [0.29, 0.717) is 0 Å². The zero-order valence-electron chi connectivity index (χ0n) is 11.8. The third-order valence-electron chi connectivity index (χ3n) is 3.80. The molecule has 0 aliphatic carbocycles. The first-order valence-corrected chi connectivity index (χ1v) is 6.79. The molecule has 18 heavy (non-hydrogen) atoms. The molecule has 0 radical (unpaired) electrons. The minimum atomic E-state index is 0.966. The highest BCUT2D eigenvalue weighted by atomic mass is 16.5. The van der Waals surface area contributed by atoms with Gasteiger partial charge >= 0.3 is 0 Å². The zero-order chi connectivity index (χ0) is 13.0. The molecular formula is C15H24N2O. The van der Waals surface area contributed by atoms with E-state index in [2.05, 4.69) is 42.0 Å². The molecular weight excluding hydrogens is 224 g/mol. The molecule has 0 unspecified atom stereocenters. The molecule has 1 aromatic carbocycles. The molecule has 3 nitrogen and oxygen atoms in total. The molecule has 0 aromatic heterocycles. The molecule has 0 bridgehead atoms. The van der Waals surface area contributed by atoms with Crippen LogP contribution < -0.4 is 4.74 Å². The number of likely N-dealkylation sites (N-methyl/N-ethyl adjacent to an activating group) is 2. The summed E-state index contributed by atoms with van der Waals surface area (Å²) in [6.45, 7) is 7.85. The number of rotatable bonds is 2. The molecule has 1 aliphatic rings. The van der Waals surface area contributed by atoms with Gasteiger partial charge in [0.05, 0.1) is 7.11 Å². The lowest BCUT2D eigenvalue weighted by atomic mass is 10.0. The van der Waals surface area contributed by atoms with E-state index in [4.69, 9.17) is 4.74 Å². The van der Waals surface area contributed by atoms with Gasteiger partial charge in [-0.3, -0.25) is 0 Å². The molecule has 0 N–H and O–H groups in total. The van der Waals surface area contributed by atoms with Gasteiger partial charge in [0.15, 0.2) is 0 Å². The molecule has 0 saturated carbocycles. The summed E-state index contributed by atoms with van der Waals surface area (Å²) in [5.41, 5.74) is 2.87. The Labute approximate surface area is 110 Å². The van der Waals surface area contributed by atoms with Crippen molar-refractivity contribution < 1.29 is 4.74 Å². The third-order valence-corrected chi connectivity index (χ3v) is 3.80. The smallest absolute Gasteiger partial charge is 0.119 e. The van der Waals surface area contributed by atoms with Crippen LogP contribution in [0.5, 0.6) is 5.75 Å². The van der Waals surface area contributed by atoms with Gasteiger partial charge < -0.3 is 14.5 Å². The van der Waals surface area contributed by atoms with E-state index in [-0.39, 0.29) is 0 Å². The van der Waals surface area contributed by atoms with E-state index in [1.54, 1.807) is 7.11 Å². The van der Waals surface area contributed by atoms with Gasteiger partial charge in [0.1, 0.15) is 5.75 Å². The summed E-state index contributed by atoms with van der Waals surface area (Å²) in [4.78, 5) is 4.92. The Morgan fingerprint density at radius 3 is 2.72 bits per heavy atom. The Balaban J connectivity index is 2.23. The van der Waals surface area contributed by atoms with Crippen LogP contribution in [0, 0.1) is 0 Å². The Kier molecular flexibility index (Phi) is 4.61. The van der Waals surface area contributed by atoms with Gasteiger partial charge in [-0.15, -0.1) is 0 Å². The fourth-order valence-electron chi connectivity index (χ4n) is 2.51. The number of fused-ring (bicyclic) bond motifs is 1. The number of hydrogen-bond acceptors (Lipinski definition) is 3. The van der Waals surface area contributed by atoms with Crippen LogP contribution >= 0.6 is 0 Å². The van der Waals surface area contributed by atoms with E-state index in [0.717, 1.165) is 44.9 Å². The SMILES string of the molecule is CCN1CCc2ccc(OC)cc2CN(C)CC1. The molecule has 0 spiro atoms. The van der Waals surface area contributed by atoms with E-state index in [9.17, 15) is 0 Å². The zero-order valence-corrected chi connectivity index (χ0v) is 11.8.